The van der Waals surface area contributed by atoms with Crippen LogP contribution in [0.5, 0.6) is 0 Å². The predicted octanol–water partition coefficient (Wildman–Crippen LogP) is 0.375. The van der Waals surface area contributed by atoms with E-state index in [9.17, 15) is 9.59 Å². The molecule has 0 aromatic heterocycles. The number of nitrogens with two attached hydrogens (primary N) is 1. The van der Waals surface area contributed by atoms with Gasteiger partial charge in [-0.25, -0.2) is 4.79 Å². The number of morpholine rings is 1. The lowest BCUT2D eigenvalue weighted by molar-refractivity contribution is -0.111. The highest BCUT2D eigenvalue weighted by atomic mass is 16.6. The first-order chi connectivity index (χ1) is 10.7. The number of carbonyl (C=O) groups excluding carboxylic acids is 2. The minimum atomic E-state index is -0.375. The second kappa shape index (κ2) is 6.33. The molecule has 2 heterocycles. The molecule has 0 saturated carbocycles. The molecular formula is C15H19N3O4. The minimum absolute atomic E-state index is 0.258. The van der Waals surface area contributed by atoms with Crippen LogP contribution < -0.4 is 15.5 Å². The van der Waals surface area contributed by atoms with Crippen molar-refractivity contribution in [3.63, 3.8) is 0 Å². The summed E-state index contributed by atoms with van der Waals surface area (Å²) in [5.41, 5.74) is 7.23. The summed E-state index contributed by atoms with van der Waals surface area (Å²) in [6, 6.07) is 7.25. The Balaban J connectivity index is 1.75. The molecule has 1 aromatic carbocycles. The Morgan fingerprint density at radius 2 is 2.00 bits per heavy atom. The molecule has 2 N–H and O–H groups in total. The summed E-state index contributed by atoms with van der Waals surface area (Å²) in [5.74, 6) is 0. The number of benzene rings is 1. The Kier molecular flexibility index (Phi) is 4.26. The highest BCUT2D eigenvalue weighted by molar-refractivity contribution is 5.90. The molecule has 7 heteroatoms. The van der Waals surface area contributed by atoms with Crippen LogP contribution in [0.15, 0.2) is 24.3 Å². The Morgan fingerprint density at radius 1 is 1.27 bits per heavy atom. The Morgan fingerprint density at radius 3 is 2.64 bits per heavy atom. The van der Waals surface area contributed by atoms with Crippen LogP contribution in [0.1, 0.15) is 0 Å². The largest absolute Gasteiger partial charge is 0.443 e. The third-order valence-electron chi connectivity index (χ3n) is 3.95. The van der Waals surface area contributed by atoms with Gasteiger partial charge in [-0.2, -0.15) is 0 Å². The van der Waals surface area contributed by atoms with Crippen LogP contribution in [-0.4, -0.2) is 57.4 Å². The maximum Gasteiger partial charge on any atom is 0.414 e. The first-order valence-corrected chi connectivity index (χ1v) is 7.31. The topological polar surface area (TPSA) is 85.1 Å². The molecule has 2 fully saturated rings. The first kappa shape index (κ1) is 14.8. The standard InChI is InChI=1S/C15H19N3O4/c16-7-14-8-18(15(20)22-14)12-3-1-11(2-4-12)17-5-6-21-10-13(17)9-19/h1-4,9,13-14H,5-8,10,16H2/t13?,14-/m0/s1. The molecule has 2 aliphatic heterocycles. The zero-order valence-electron chi connectivity index (χ0n) is 12.2. The zero-order chi connectivity index (χ0) is 15.5. The summed E-state index contributed by atoms with van der Waals surface area (Å²) < 4.78 is 10.5. The maximum atomic E-state index is 11.8. The number of hydrogen-bond donors (Lipinski definition) is 1. The van der Waals surface area contributed by atoms with Gasteiger partial charge in [0.05, 0.1) is 19.8 Å². The van der Waals surface area contributed by atoms with Crippen molar-refractivity contribution in [1.82, 2.24) is 0 Å². The number of aldehydes is 1. The fraction of sp³-hybridized carbons (Fsp3) is 0.467. The van der Waals surface area contributed by atoms with Crippen molar-refractivity contribution in [2.45, 2.75) is 12.1 Å². The Bertz CT molecular complexity index is 548. The van der Waals surface area contributed by atoms with Crippen LogP contribution >= 0.6 is 0 Å². The predicted molar refractivity (Wildman–Crippen MR) is 81.1 cm³/mol. The van der Waals surface area contributed by atoms with Gasteiger partial charge in [-0.05, 0) is 24.3 Å². The van der Waals surface area contributed by atoms with Crippen molar-refractivity contribution >= 4 is 23.8 Å². The van der Waals surface area contributed by atoms with Crippen LogP contribution in [0, 0.1) is 0 Å². The SMILES string of the molecule is NC[C@H]1CN(c2ccc(N3CCOCC3C=O)cc2)C(=O)O1. The van der Waals surface area contributed by atoms with E-state index < -0.39 is 0 Å². The van der Waals surface area contributed by atoms with Gasteiger partial charge in [0.2, 0.25) is 0 Å². The molecule has 2 saturated heterocycles. The molecule has 0 radical (unpaired) electrons. The van der Waals surface area contributed by atoms with E-state index in [-0.39, 0.29) is 18.2 Å². The summed E-state index contributed by atoms with van der Waals surface area (Å²) in [6.45, 7) is 2.45. The van der Waals surface area contributed by atoms with Gasteiger partial charge in [-0.1, -0.05) is 0 Å². The van der Waals surface area contributed by atoms with Gasteiger partial charge in [0, 0.05) is 24.5 Å². The second-order valence-electron chi connectivity index (χ2n) is 5.34. The fourth-order valence-electron chi connectivity index (χ4n) is 2.74. The van der Waals surface area contributed by atoms with E-state index in [0.29, 0.717) is 32.8 Å². The first-order valence-electron chi connectivity index (χ1n) is 7.31. The average Bonchev–Trinajstić information content (AvgIpc) is 2.96. The molecule has 0 bridgehead atoms. The van der Waals surface area contributed by atoms with Crippen molar-refractivity contribution in [1.29, 1.82) is 0 Å². The molecule has 2 aliphatic rings. The summed E-state index contributed by atoms with van der Waals surface area (Å²) in [4.78, 5) is 26.5. The van der Waals surface area contributed by atoms with Crippen LogP contribution in [0.3, 0.4) is 0 Å². The van der Waals surface area contributed by atoms with Gasteiger partial charge < -0.3 is 24.9 Å². The van der Waals surface area contributed by atoms with Crippen LogP contribution in [0.4, 0.5) is 16.2 Å². The summed E-state index contributed by atoms with van der Waals surface area (Å²) in [7, 11) is 0. The third kappa shape index (κ3) is 2.77. The van der Waals surface area contributed by atoms with Gasteiger partial charge in [-0.3, -0.25) is 4.90 Å². The van der Waals surface area contributed by atoms with E-state index in [2.05, 4.69) is 0 Å². The highest BCUT2D eigenvalue weighted by Crippen LogP contribution is 2.26. The van der Waals surface area contributed by atoms with E-state index in [1.807, 2.05) is 29.2 Å². The van der Waals surface area contributed by atoms with E-state index in [0.717, 1.165) is 17.7 Å². The van der Waals surface area contributed by atoms with Crippen molar-refractivity contribution in [3.05, 3.63) is 24.3 Å². The van der Waals surface area contributed by atoms with E-state index >= 15 is 0 Å². The molecule has 0 spiro atoms. The molecule has 1 amide bonds. The van der Waals surface area contributed by atoms with E-state index in [1.54, 1.807) is 4.90 Å². The lowest BCUT2D eigenvalue weighted by Gasteiger charge is -2.34. The molecule has 22 heavy (non-hydrogen) atoms. The number of rotatable bonds is 4. The monoisotopic (exact) mass is 305 g/mol. The normalized spacial score (nSPS) is 25.2. The maximum absolute atomic E-state index is 11.8. The Hall–Kier alpha value is -2.12. The van der Waals surface area contributed by atoms with Gasteiger partial charge in [0.15, 0.2) is 0 Å². The third-order valence-corrected chi connectivity index (χ3v) is 3.95. The van der Waals surface area contributed by atoms with Crippen LogP contribution in [0.25, 0.3) is 0 Å². The molecular weight excluding hydrogens is 286 g/mol. The van der Waals surface area contributed by atoms with Crippen LogP contribution in [0.2, 0.25) is 0 Å². The number of anilines is 2. The van der Waals surface area contributed by atoms with Crippen molar-refractivity contribution in [3.8, 4) is 0 Å². The summed E-state index contributed by atoms with van der Waals surface area (Å²) >= 11 is 0. The molecule has 7 nitrogen and oxygen atoms in total. The van der Waals surface area contributed by atoms with Crippen molar-refractivity contribution < 1.29 is 19.1 Å². The molecule has 1 unspecified atom stereocenters. The zero-order valence-corrected chi connectivity index (χ0v) is 12.2. The number of amides is 1. The van der Waals surface area contributed by atoms with Gasteiger partial charge >= 0.3 is 6.09 Å². The Labute approximate surface area is 128 Å². The van der Waals surface area contributed by atoms with Crippen LogP contribution in [-0.2, 0) is 14.3 Å². The van der Waals surface area contributed by atoms with Gasteiger partial charge in [0.25, 0.3) is 0 Å². The number of ether oxygens (including phenoxy) is 2. The summed E-state index contributed by atoms with van der Waals surface area (Å²) in [6.07, 6.45) is 0.266. The summed E-state index contributed by atoms with van der Waals surface area (Å²) in [5, 5.41) is 0. The molecule has 2 atom stereocenters. The highest BCUT2D eigenvalue weighted by Gasteiger charge is 2.31. The minimum Gasteiger partial charge on any atom is -0.443 e. The van der Waals surface area contributed by atoms with Gasteiger partial charge in [0.1, 0.15) is 18.4 Å². The molecule has 1 aromatic rings. The molecule has 118 valence electrons. The fourth-order valence-corrected chi connectivity index (χ4v) is 2.74. The second-order valence-corrected chi connectivity index (χ2v) is 5.34. The quantitative estimate of drug-likeness (QED) is 0.809. The smallest absolute Gasteiger partial charge is 0.414 e. The molecule has 0 aliphatic carbocycles. The number of hydrogen-bond acceptors (Lipinski definition) is 6. The van der Waals surface area contributed by atoms with Crippen molar-refractivity contribution in [2.24, 2.45) is 5.73 Å². The van der Waals surface area contributed by atoms with Crippen molar-refractivity contribution in [2.75, 3.05) is 42.6 Å². The number of cyclic esters (lactones) is 1. The average molecular weight is 305 g/mol. The van der Waals surface area contributed by atoms with E-state index in [1.165, 1.54) is 0 Å². The number of nitrogens with zero attached hydrogens (tertiary/aromatic N) is 2. The number of carbonyl (C=O) groups is 2. The molecule has 3 rings (SSSR count). The van der Waals surface area contributed by atoms with E-state index in [4.69, 9.17) is 15.2 Å². The lowest BCUT2D eigenvalue weighted by Crippen LogP contribution is -2.46. The lowest BCUT2D eigenvalue weighted by atomic mass is 10.2. The van der Waals surface area contributed by atoms with Gasteiger partial charge in [-0.15, -0.1) is 0 Å².